The van der Waals surface area contributed by atoms with E-state index in [0.29, 0.717) is 19.8 Å². The number of benzene rings is 1. The molecule has 1 aliphatic rings. The highest BCUT2D eigenvalue weighted by atomic mass is 19.3. The van der Waals surface area contributed by atoms with Crippen LogP contribution in [-0.4, -0.2) is 43.8 Å². The summed E-state index contributed by atoms with van der Waals surface area (Å²) in [7, 11) is 0. The summed E-state index contributed by atoms with van der Waals surface area (Å²) in [5.74, 6) is -5.12. The molecule has 116 valence electrons. The summed E-state index contributed by atoms with van der Waals surface area (Å²) in [5.41, 5.74) is 0.421. The molecule has 0 radical (unpaired) electrons. The Morgan fingerprint density at radius 2 is 2.10 bits per heavy atom. The van der Waals surface area contributed by atoms with Crippen LogP contribution in [0.25, 0.3) is 0 Å². The van der Waals surface area contributed by atoms with Gasteiger partial charge in [0.05, 0.1) is 19.8 Å². The molecule has 1 aromatic carbocycles. The van der Waals surface area contributed by atoms with Crippen LogP contribution in [0.15, 0.2) is 24.3 Å². The molecule has 6 heteroatoms. The van der Waals surface area contributed by atoms with Crippen molar-refractivity contribution in [1.82, 2.24) is 4.90 Å². The van der Waals surface area contributed by atoms with E-state index in [4.69, 9.17) is 4.74 Å². The summed E-state index contributed by atoms with van der Waals surface area (Å²) >= 11 is 0. The van der Waals surface area contributed by atoms with Gasteiger partial charge in [-0.1, -0.05) is 18.2 Å². The molecule has 0 atom stereocenters. The van der Waals surface area contributed by atoms with Crippen molar-refractivity contribution in [3.05, 3.63) is 35.4 Å². The van der Waals surface area contributed by atoms with Gasteiger partial charge in [0, 0.05) is 25.2 Å². The van der Waals surface area contributed by atoms with Gasteiger partial charge in [-0.05, 0) is 18.6 Å². The minimum Gasteiger partial charge on any atom is -0.461 e. The molecule has 1 aromatic rings. The SMILES string of the molecule is CCOC(=O)C(F)(F)c1cccc(CN2CCOCC2)c1. The summed E-state index contributed by atoms with van der Waals surface area (Å²) in [6.07, 6.45) is 0. The van der Waals surface area contributed by atoms with Gasteiger partial charge in [0.25, 0.3) is 0 Å². The van der Waals surface area contributed by atoms with E-state index < -0.39 is 11.9 Å². The van der Waals surface area contributed by atoms with E-state index >= 15 is 0 Å². The van der Waals surface area contributed by atoms with E-state index in [1.165, 1.54) is 25.1 Å². The Bertz CT molecular complexity index is 488. The van der Waals surface area contributed by atoms with Gasteiger partial charge in [-0.3, -0.25) is 4.90 Å². The zero-order valence-corrected chi connectivity index (χ0v) is 12.0. The molecule has 1 fully saturated rings. The molecule has 0 amide bonds. The number of alkyl halides is 2. The average molecular weight is 299 g/mol. The lowest BCUT2D eigenvalue weighted by Gasteiger charge is -2.26. The van der Waals surface area contributed by atoms with Crippen LogP contribution in [0, 0.1) is 0 Å². The monoisotopic (exact) mass is 299 g/mol. The standard InChI is InChI=1S/C15H19F2NO3/c1-2-21-14(19)15(16,17)13-5-3-4-12(10-13)11-18-6-8-20-9-7-18/h3-5,10H,2,6-9,11H2,1H3. The fourth-order valence-electron chi connectivity index (χ4n) is 2.22. The fourth-order valence-corrected chi connectivity index (χ4v) is 2.22. The summed E-state index contributed by atoms with van der Waals surface area (Å²) in [6, 6.07) is 5.94. The molecule has 1 heterocycles. The summed E-state index contributed by atoms with van der Waals surface area (Å²) in [6.45, 7) is 4.86. The van der Waals surface area contributed by atoms with Gasteiger partial charge >= 0.3 is 11.9 Å². The van der Waals surface area contributed by atoms with Gasteiger partial charge in [0.2, 0.25) is 0 Å². The molecule has 2 rings (SSSR count). The predicted octanol–water partition coefficient (Wildman–Crippen LogP) is 2.17. The molecule has 0 spiro atoms. The number of halogens is 2. The number of hydrogen-bond donors (Lipinski definition) is 0. The summed E-state index contributed by atoms with van der Waals surface area (Å²) in [5, 5.41) is 0. The van der Waals surface area contributed by atoms with Crippen LogP contribution in [0.2, 0.25) is 0 Å². The summed E-state index contributed by atoms with van der Waals surface area (Å²) < 4.78 is 37.7. The minimum atomic E-state index is -3.61. The molecule has 21 heavy (non-hydrogen) atoms. The Labute approximate surface area is 122 Å². The number of carbonyl (C=O) groups is 1. The molecule has 0 aliphatic carbocycles. The Morgan fingerprint density at radius 1 is 1.38 bits per heavy atom. The first-order valence-electron chi connectivity index (χ1n) is 6.98. The molecule has 0 unspecified atom stereocenters. The number of morpholine rings is 1. The molecular weight excluding hydrogens is 280 g/mol. The second kappa shape index (κ2) is 6.95. The maximum absolute atomic E-state index is 14.0. The zero-order valence-electron chi connectivity index (χ0n) is 12.0. The third kappa shape index (κ3) is 3.98. The van der Waals surface area contributed by atoms with Crippen molar-refractivity contribution < 1.29 is 23.0 Å². The van der Waals surface area contributed by atoms with E-state index in [9.17, 15) is 13.6 Å². The number of nitrogens with zero attached hydrogens (tertiary/aromatic N) is 1. The van der Waals surface area contributed by atoms with E-state index in [-0.39, 0.29) is 12.2 Å². The predicted molar refractivity (Wildman–Crippen MR) is 73.1 cm³/mol. The first-order chi connectivity index (χ1) is 10.0. The van der Waals surface area contributed by atoms with Crippen molar-refractivity contribution in [1.29, 1.82) is 0 Å². The van der Waals surface area contributed by atoms with Crippen LogP contribution >= 0.6 is 0 Å². The first-order valence-corrected chi connectivity index (χ1v) is 6.98. The minimum absolute atomic E-state index is 0.0676. The Balaban J connectivity index is 2.11. The highest BCUT2D eigenvalue weighted by molar-refractivity contribution is 5.79. The Kier molecular flexibility index (Phi) is 5.25. The van der Waals surface area contributed by atoms with E-state index in [0.717, 1.165) is 18.7 Å². The maximum atomic E-state index is 14.0. The molecular formula is C15H19F2NO3. The van der Waals surface area contributed by atoms with Crippen LogP contribution in [0.5, 0.6) is 0 Å². The number of esters is 1. The largest absolute Gasteiger partial charge is 0.461 e. The van der Waals surface area contributed by atoms with E-state index in [2.05, 4.69) is 9.64 Å². The molecule has 4 nitrogen and oxygen atoms in total. The first kappa shape index (κ1) is 15.9. The van der Waals surface area contributed by atoms with Crippen LogP contribution in [0.1, 0.15) is 18.1 Å². The molecule has 0 saturated carbocycles. The Hall–Kier alpha value is -1.53. The van der Waals surface area contributed by atoms with Gasteiger partial charge in [0.1, 0.15) is 0 Å². The summed E-state index contributed by atoms with van der Waals surface area (Å²) in [4.78, 5) is 13.5. The highest BCUT2D eigenvalue weighted by Crippen LogP contribution is 2.30. The normalized spacial score (nSPS) is 16.7. The van der Waals surface area contributed by atoms with Crippen molar-refractivity contribution in [2.45, 2.75) is 19.4 Å². The lowest BCUT2D eigenvalue weighted by Crippen LogP contribution is -2.35. The molecule has 1 aliphatic heterocycles. The molecule has 0 N–H and O–H groups in total. The number of hydrogen-bond acceptors (Lipinski definition) is 4. The lowest BCUT2D eigenvalue weighted by molar-refractivity contribution is -0.173. The number of rotatable bonds is 5. The van der Waals surface area contributed by atoms with Crippen molar-refractivity contribution in [3.63, 3.8) is 0 Å². The molecule has 0 aromatic heterocycles. The van der Waals surface area contributed by atoms with Crippen LogP contribution in [0.4, 0.5) is 8.78 Å². The van der Waals surface area contributed by atoms with E-state index in [1.54, 1.807) is 6.07 Å². The maximum Gasteiger partial charge on any atom is 0.381 e. The third-order valence-corrected chi connectivity index (χ3v) is 3.33. The van der Waals surface area contributed by atoms with Gasteiger partial charge in [-0.2, -0.15) is 8.78 Å². The molecule has 0 bridgehead atoms. The van der Waals surface area contributed by atoms with Crippen LogP contribution < -0.4 is 0 Å². The van der Waals surface area contributed by atoms with Gasteiger partial charge in [-0.25, -0.2) is 4.79 Å². The van der Waals surface area contributed by atoms with Crippen molar-refractivity contribution in [3.8, 4) is 0 Å². The van der Waals surface area contributed by atoms with Crippen molar-refractivity contribution >= 4 is 5.97 Å². The quantitative estimate of drug-likeness (QED) is 0.781. The van der Waals surface area contributed by atoms with Crippen LogP contribution in [0.3, 0.4) is 0 Å². The second-order valence-corrected chi connectivity index (χ2v) is 4.88. The highest BCUT2D eigenvalue weighted by Gasteiger charge is 2.42. The smallest absolute Gasteiger partial charge is 0.381 e. The second-order valence-electron chi connectivity index (χ2n) is 4.88. The lowest BCUT2D eigenvalue weighted by atomic mass is 10.0. The zero-order chi connectivity index (χ0) is 15.3. The van der Waals surface area contributed by atoms with Crippen LogP contribution in [-0.2, 0) is 26.7 Å². The third-order valence-electron chi connectivity index (χ3n) is 3.33. The molecule has 1 saturated heterocycles. The average Bonchev–Trinajstić information content (AvgIpc) is 2.49. The Morgan fingerprint density at radius 3 is 2.76 bits per heavy atom. The van der Waals surface area contributed by atoms with Crippen molar-refractivity contribution in [2.24, 2.45) is 0 Å². The van der Waals surface area contributed by atoms with E-state index in [1.807, 2.05) is 0 Å². The van der Waals surface area contributed by atoms with Gasteiger partial charge < -0.3 is 9.47 Å². The van der Waals surface area contributed by atoms with Gasteiger partial charge in [-0.15, -0.1) is 0 Å². The topological polar surface area (TPSA) is 38.8 Å². The number of carbonyl (C=O) groups excluding carboxylic acids is 1. The number of ether oxygens (including phenoxy) is 2. The van der Waals surface area contributed by atoms with Crippen molar-refractivity contribution in [2.75, 3.05) is 32.9 Å². The van der Waals surface area contributed by atoms with Gasteiger partial charge in [0.15, 0.2) is 0 Å². The fraction of sp³-hybridized carbons (Fsp3) is 0.533.